The van der Waals surface area contributed by atoms with Crippen LogP contribution < -0.4 is 0 Å². The van der Waals surface area contributed by atoms with Crippen molar-refractivity contribution in [1.82, 2.24) is 0 Å². The van der Waals surface area contributed by atoms with Gasteiger partial charge in [-0.2, -0.15) is 22.0 Å². The van der Waals surface area contributed by atoms with Crippen LogP contribution in [0.5, 0.6) is 0 Å². The molecule has 0 radical (unpaired) electrons. The van der Waals surface area contributed by atoms with E-state index in [0.29, 0.717) is 0 Å². The van der Waals surface area contributed by atoms with Crippen LogP contribution in [0.25, 0.3) is 0 Å². The van der Waals surface area contributed by atoms with Crippen LogP contribution in [0.1, 0.15) is 41.0 Å². The topological polar surface area (TPSA) is 55.8 Å². The number of aliphatic hydroxyl groups is 1. The van der Waals surface area contributed by atoms with Crippen LogP contribution in [0.15, 0.2) is 0 Å². The van der Waals surface area contributed by atoms with Gasteiger partial charge in [0.15, 0.2) is 6.10 Å². The smallest absolute Gasteiger partial charge is 0.449 e. The van der Waals surface area contributed by atoms with E-state index in [-0.39, 0.29) is 6.42 Å². The molecule has 2 atom stereocenters. The van der Waals surface area contributed by atoms with E-state index >= 15 is 0 Å². The Bertz CT molecular complexity index is 472. The zero-order valence-electron chi connectivity index (χ0n) is 13.6. The third kappa shape index (κ3) is 3.17. The van der Waals surface area contributed by atoms with E-state index in [2.05, 4.69) is 4.74 Å². The van der Waals surface area contributed by atoms with Gasteiger partial charge in [0.25, 0.3) is 0 Å². The van der Waals surface area contributed by atoms with Crippen LogP contribution in [-0.4, -0.2) is 41.7 Å². The molecule has 1 heterocycles. The Morgan fingerprint density at radius 3 is 2.17 bits per heavy atom. The molecule has 9 heteroatoms. The zero-order valence-corrected chi connectivity index (χ0v) is 13.6. The predicted molar refractivity (Wildman–Crippen MR) is 69.6 cm³/mol. The van der Waals surface area contributed by atoms with Gasteiger partial charge in [0.05, 0.1) is 12.0 Å². The zero-order chi connectivity index (χ0) is 18.5. The molecule has 1 saturated heterocycles. The summed E-state index contributed by atoms with van der Waals surface area (Å²) in [7, 11) is 0. The van der Waals surface area contributed by atoms with E-state index in [0.717, 1.165) is 0 Å². The van der Waals surface area contributed by atoms with E-state index in [1.807, 2.05) is 0 Å². The molecule has 136 valence electrons. The lowest BCUT2D eigenvalue weighted by Gasteiger charge is -2.50. The number of hydrogen-bond donors (Lipinski definition) is 1. The molecule has 0 bridgehead atoms. The van der Waals surface area contributed by atoms with E-state index in [9.17, 15) is 31.9 Å². The van der Waals surface area contributed by atoms with Crippen molar-refractivity contribution in [3.8, 4) is 0 Å². The third-order valence-electron chi connectivity index (χ3n) is 4.19. The van der Waals surface area contributed by atoms with E-state index in [1.54, 1.807) is 6.92 Å². The van der Waals surface area contributed by atoms with Crippen molar-refractivity contribution in [3.05, 3.63) is 0 Å². The average Bonchev–Trinajstić information content (AvgIpc) is 2.38. The van der Waals surface area contributed by atoms with E-state index < -0.39 is 47.4 Å². The maximum Gasteiger partial charge on any atom is 0.449 e. The minimum atomic E-state index is -5.75. The highest BCUT2D eigenvalue weighted by Crippen LogP contribution is 2.53. The van der Waals surface area contributed by atoms with Crippen LogP contribution in [0.4, 0.5) is 22.0 Å². The fraction of sp³-hybridized carbons (Fsp3) is 0.929. The van der Waals surface area contributed by atoms with Gasteiger partial charge in [-0.1, -0.05) is 20.8 Å². The van der Waals surface area contributed by atoms with Crippen molar-refractivity contribution < 1.29 is 41.3 Å². The predicted octanol–water partition coefficient (Wildman–Crippen LogP) is 3.28. The van der Waals surface area contributed by atoms with Gasteiger partial charge in [-0.3, -0.25) is 4.79 Å². The van der Waals surface area contributed by atoms with Gasteiger partial charge in [-0.15, -0.1) is 0 Å². The Kier molecular flexibility index (Phi) is 4.84. The first kappa shape index (κ1) is 20.1. The Morgan fingerprint density at radius 2 is 1.78 bits per heavy atom. The Morgan fingerprint density at radius 1 is 1.30 bits per heavy atom. The number of ether oxygens (including phenoxy) is 2. The van der Waals surface area contributed by atoms with Gasteiger partial charge < -0.3 is 14.6 Å². The average molecular weight is 348 g/mol. The summed E-state index contributed by atoms with van der Waals surface area (Å²) in [6.07, 6.45) is -8.00. The van der Waals surface area contributed by atoms with Gasteiger partial charge in [0.2, 0.25) is 0 Å². The number of rotatable bonds is 3. The molecule has 1 fully saturated rings. The summed E-state index contributed by atoms with van der Waals surface area (Å²) in [5.74, 6) is -10.6. The molecule has 4 nitrogen and oxygen atoms in total. The summed E-state index contributed by atoms with van der Waals surface area (Å²) in [5, 5.41) is 9.42. The van der Waals surface area contributed by atoms with Gasteiger partial charge >= 0.3 is 23.9 Å². The first-order valence-electron chi connectivity index (χ1n) is 7.05. The molecule has 0 aliphatic carbocycles. The van der Waals surface area contributed by atoms with Crippen molar-refractivity contribution in [3.63, 3.8) is 0 Å². The van der Waals surface area contributed by atoms with Crippen LogP contribution in [0, 0.1) is 10.8 Å². The summed E-state index contributed by atoms with van der Waals surface area (Å²) in [6.45, 7) is 5.96. The first-order chi connectivity index (χ1) is 10.0. The fourth-order valence-corrected chi connectivity index (χ4v) is 2.05. The van der Waals surface area contributed by atoms with Gasteiger partial charge in [-0.05, 0) is 20.3 Å². The second kappa shape index (κ2) is 5.54. The van der Waals surface area contributed by atoms with Crippen molar-refractivity contribution in [2.24, 2.45) is 10.8 Å². The fourth-order valence-electron chi connectivity index (χ4n) is 2.05. The van der Waals surface area contributed by atoms with Crippen LogP contribution in [-0.2, 0) is 14.3 Å². The lowest BCUT2D eigenvalue weighted by Crippen LogP contribution is -2.72. The molecule has 0 aromatic carbocycles. The largest absolute Gasteiger partial charge is 0.455 e. The highest BCUT2D eigenvalue weighted by atomic mass is 19.4. The molecule has 1 aliphatic rings. The standard InChI is InChI=1S/C14H21F5O4/c1-6-10(2,3)9(20)23-8-11(4,5)7-22-13(21,12(8,15)16)14(17,18)19/h8,21H,6-7H2,1-5H3. The number of halogens is 5. The van der Waals surface area contributed by atoms with Gasteiger partial charge in [0, 0.05) is 5.41 Å². The molecular weight excluding hydrogens is 327 g/mol. The van der Waals surface area contributed by atoms with Gasteiger partial charge in [-0.25, -0.2) is 0 Å². The molecule has 1 rings (SSSR count). The molecule has 0 saturated carbocycles. The van der Waals surface area contributed by atoms with Crippen LogP contribution >= 0.6 is 0 Å². The van der Waals surface area contributed by atoms with Crippen molar-refractivity contribution in [1.29, 1.82) is 0 Å². The number of carbonyl (C=O) groups is 1. The molecule has 0 spiro atoms. The third-order valence-corrected chi connectivity index (χ3v) is 4.19. The minimum absolute atomic E-state index is 0.241. The highest BCUT2D eigenvalue weighted by molar-refractivity contribution is 5.76. The molecule has 23 heavy (non-hydrogen) atoms. The lowest BCUT2D eigenvalue weighted by atomic mass is 9.77. The highest BCUT2D eigenvalue weighted by Gasteiger charge is 2.79. The number of esters is 1. The minimum Gasteiger partial charge on any atom is -0.455 e. The molecule has 2 unspecified atom stereocenters. The summed E-state index contributed by atoms with van der Waals surface area (Å²) in [4.78, 5) is 12.0. The maximum atomic E-state index is 14.4. The van der Waals surface area contributed by atoms with Crippen molar-refractivity contribution in [2.75, 3.05) is 6.61 Å². The molecule has 0 amide bonds. The van der Waals surface area contributed by atoms with E-state index in [4.69, 9.17) is 4.74 Å². The van der Waals surface area contributed by atoms with Crippen LogP contribution in [0.2, 0.25) is 0 Å². The summed E-state index contributed by atoms with van der Waals surface area (Å²) in [5.41, 5.74) is -2.78. The number of hydrogen-bond acceptors (Lipinski definition) is 4. The molecule has 0 aromatic heterocycles. The lowest BCUT2D eigenvalue weighted by molar-refractivity contribution is -0.470. The van der Waals surface area contributed by atoms with E-state index in [1.165, 1.54) is 27.7 Å². The summed E-state index contributed by atoms with van der Waals surface area (Å²) < 4.78 is 76.3. The SMILES string of the molecule is CCC(C)(C)C(=O)OC1C(C)(C)COC(O)(C(F)(F)F)C1(F)F. The Labute approximate surface area is 130 Å². The monoisotopic (exact) mass is 348 g/mol. The number of carbonyl (C=O) groups excluding carboxylic acids is 1. The second-order valence-corrected chi connectivity index (χ2v) is 7.06. The Balaban J connectivity index is 3.28. The quantitative estimate of drug-likeness (QED) is 0.628. The van der Waals surface area contributed by atoms with Crippen LogP contribution in [0.3, 0.4) is 0 Å². The molecular formula is C14H21F5O4. The first-order valence-corrected chi connectivity index (χ1v) is 7.05. The van der Waals surface area contributed by atoms with Gasteiger partial charge in [0.1, 0.15) is 0 Å². The van der Waals surface area contributed by atoms with Crippen molar-refractivity contribution in [2.45, 2.75) is 65.0 Å². The number of alkyl halides is 5. The summed E-state index contributed by atoms with van der Waals surface area (Å²) >= 11 is 0. The Hall–Kier alpha value is -0.960. The second-order valence-electron chi connectivity index (χ2n) is 7.06. The maximum absolute atomic E-state index is 14.4. The normalized spacial score (nSPS) is 30.8. The summed E-state index contributed by atoms with van der Waals surface area (Å²) in [6, 6.07) is 0. The molecule has 0 aromatic rings. The molecule has 1 N–H and O–H groups in total. The molecule has 1 aliphatic heterocycles. The van der Waals surface area contributed by atoms with Crippen molar-refractivity contribution >= 4 is 5.97 Å².